The highest BCUT2D eigenvalue weighted by atomic mass is 79.9. The SMILES string of the molecule is CCCCCC1CCC(c2ccc(-c3ccc(C(=O)Nc4ccc(-c5cc(Br)c6c(c5)-c5c(c7c(c8cc(C(F)(F)F)ccc58)OCC=C7c5ccc(OC)cc5)C6(C)C)cc4)cc3)cc2)CC1. The van der Waals surface area contributed by atoms with Gasteiger partial charge in [-0.2, -0.15) is 13.2 Å². The van der Waals surface area contributed by atoms with Crippen LogP contribution in [0.2, 0.25) is 0 Å². The van der Waals surface area contributed by atoms with Gasteiger partial charge in [0.2, 0.25) is 0 Å². The minimum absolute atomic E-state index is 0.194. The van der Waals surface area contributed by atoms with Gasteiger partial charge in [0.25, 0.3) is 5.91 Å². The number of nitrogens with one attached hydrogen (secondary N) is 1. The third-order valence-electron chi connectivity index (χ3n) is 14.8. The molecule has 0 bridgehead atoms. The molecule has 0 spiro atoms. The van der Waals surface area contributed by atoms with E-state index < -0.39 is 17.2 Å². The van der Waals surface area contributed by atoms with Crippen LogP contribution in [0.5, 0.6) is 11.5 Å². The second kappa shape index (κ2) is 18.4. The fraction of sp³-hybridized carbons (Fsp3) is 0.283. The molecule has 0 radical (unpaired) electrons. The molecule has 1 saturated carbocycles. The molecule has 10 rings (SSSR count). The highest BCUT2D eigenvalue weighted by Crippen LogP contribution is 2.60. The zero-order chi connectivity index (χ0) is 47.3. The topological polar surface area (TPSA) is 47.6 Å². The average Bonchev–Trinajstić information content (AvgIpc) is 3.60. The van der Waals surface area contributed by atoms with Crippen molar-refractivity contribution in [2.45, 2.75) is 89.6 Å². The van der Waals surface area contributed by atoms with Crippen molar-refractivity contribution in [3.63, 3.8) is 0 Å². The van der Waals surface area contributed by atoms with Crippen LogP contribution in [0.1, 0.15) is 122 Å². The number of benzene rings is 7. The maximum atomic E-state index is 14.3. The minimum Gasteiger partial charge on any atom is -0.497 e. The summed E-state index contributed by atoms with van der Waals surface area (Å²) in [6.07, 6.45) is 8.12. The van der Waals surface area contributed by atoms with Crippen LogP contribution in [0.4, 0.5) is 18.9 Å². The number of hydrogen-bond acceptors (Lipinski definition) is 3. The Bertz CT molecular complexity index is 3050. The van der Waals surface area contributed by atoms with E-state index in [0.29, 0.717) is 39.4 Å². The Labute approximate surface area is 405 Å². The van der Waals surface area contributed by atoms with E-state index >= 15 is 0 Å². The Morgan fingerprint density at radius 3 is 2.04 bits per heavy atom. The Kier molecular flexibility index (Phi) is 12.4. The first-order valence-corrected chi connectivity index (χ1v) is 24.8. The molecule has 1 amide bonds. The minimum atomic E-state index is -4.54. The van der Waals surface area contributed by atoms with E-state index in [1.165, 1.54) is 69.1 Å². The lowest BCUT2D eigenvalue weighted by atomic mass is 9.76. The summed E-state index contributed by atoms with van der Waals surface area (Å²) >= 11 is 3.96. The summed E-state index contributed by atoms with van der Waals surface area (Å²) < 4.78 is 55.7. The van der Waals surface area contributed by atoms with Gasteiger partial charge in [-0.3, -0.25) is 4.79 Å². The lowest BCUT2D eigenvalue weighted by Crippen LogP contribution is -2.20. The number of fused-ring (bicyclic) bond motifs is 8. The molecule has 1 heterocycles. The molecule has 68 heavy (non-hydrogen) atoms. The number of ether oxygens (including phenoxy) is 2. The van der Waals surface area contributed by atoms with Crippen LogP contribution in [0.15, 0.2) is 138 Å². The number of carbonyl (C=O) groups excluding carboxylic acids is 1. The lowest BCUT2D eigenvalue weighted by molar-refractivity contribution is -0.137. The molecule has 0 aromatic heterocycles. The molecule has 0 atom stereocenters. The summed E-state index contributed by atoms with van der Waals surface area (Å²) in [5, 5.41) is 4.19. The number of rotatable bonds is 11. The molecular formula is C60H55BrF3NO3. The Morgan fingerprint density at radius 1 is 0.735 bits per heavy atom. The van der Waals surface area contributed by atoms with E-state index in [1.807, 2.05) is 78.9 Å². The molecule has 346 valence electrons. The summed E-state index contributed by atoms with van der Waals surface area (Å²) in [5.41, 5.74) is 11.9. The Balaban J connectivity index is 0.904. The quantitative estimate of drug-likeness (QED) is 0.131. The first kappa shape index (κ1) is 45.7. The molecule has 7 aromatic rings. The predicted octanol–water partition coefficient (Wildman–Crippen LogP) is 17.2. The third kappa shape index (κ3) is 8.54. The summed E-state index contributed by atoms with van der Waals surface area (Å²) in [6, 6.07) is 40.5. The zero-order valence-electron chi connectivity index (χ0n) is 39.0. The van der Waals surface area contributed by atoms with Crippen LogP contribution in [0.3, 0.4) is 0 Å². The van der Waals surface area contributed by atoms with Crippen LogP contribution in [-0.2, 0) is 11.6 Å². The van der Waals surface area contributed by atoms with E-state index in [1.54, 1.807) is 13.2 Å². The van der Waals surface area contributed by atoms with Crippen molar-refractivity contribution in [1.82, 2.24) is 0 Å². The van der Waals surface area contributed by atoms with Gasteiger partial charge >= 0.3 is 6.18 Å². The van der Waals surface area contributed by atoms with E-state index in [-0.39, 0.29) is 12.5 Å². The van der Waals surface area contributed by atoms with Crippen molar-refractivity contribution in [2.75, 3.05) is 19.0 Å². The van der Waals surface area contributed by atoms with Gasteiger partial charge in [-0.25, -0.2) is 0 Å². The van der Waals surface area contributed by atoms with E-state index in [4.69, 9.17) is 9.47 Å². The third-order valence-corrected chi connectivity index (χ3v) is 15.4. The van der Waals surface area contributed by atoms with Crippen LogP contribution < -0.4 is 14.8 Å². The first-order valence-electron chi connectivity index (χ1n) is 24.0. The zero-order valence-corrected chi connectivity index (χ0v) is 40.5. The van der Waals surface area contributed by atoms with E-state index in [0.717, 1.165) is 71.6 Å². The van der Waals surface area contributed by atoms with Crippen molar-refractivity contribution >= 4 is 43.9 Å². The maximum absolute atomic E-state index is 14.3. The van der Waals surface area contributed by atoms with E-state index in [9.17, 15) is 18.0 Å². The second-order valence-electron chi connectivity index (χ2n) is 19.3. The van der Waals surface area contributed by atoms with Crippen molar-refractivity contribution < 1.29 is 27.4 Å². The van der Waals surface area contributed by atoms with Gasteiger partial charge in [-0.15, -0.1) is 0 Å². The van der Waals surface area contributed by atoms with Gasteiger partial charge in [0.15, 0.2) is 0 Å². The second-order valence-corrected chi connectivity index (χ2v) is 20.2. The highest BCUT2D eigenvalue weighted by molar-refractivity contribution is 9.10. The summed E-state index contributed by atoms with van der Waals surface area (Å²) in [5.74, 6) is 2.51. The number of halogens is 4. The smallest absolute Gasteiger partial charge is 0.416 e. The molecule has 3 aliphatic rings. The molecule has 0 saturated heterocycles. The summed E-state index contributed by atoms with van der Waals surface area (Å²) in [4.78, 5) is 13.5. The highest BCUT2D eigenvalue weighted by Gasteiger charge is 2.44. The van der Waals surface area contributed by atoms with Gasteiger partial charge in [-0.1, -0.05) is 129 Å². The number of unbranched alkanes of at least 4 members (excludes halogenated alkanes) is 2. The van der Waals surface area contributed by atoms with Gasteiger partial charge in [0, 0.05) is 32.1 Å². The molecule has 1 fully saturated rings. The van der Waals surface area contributed by atoms with E-state index in [2.05, 4.69) is 78.4 Å². The standard InChI is InChI=1S/C60H55BrF3NO3/c1-5-6-7-8-36-9-11-37(12-10-36)38-13-15-39(16-14-38)40-17-19-43(20-18-40)58(66)65-46-26-21-41(22-27-46)44-33-51-53-49-30-25-45(60(62,63)64)35-50(49)57-54(56(53)59(2,3)55(51)52(61)34-44)48(31-32-68-57)42-23-28-47(67-4)29-24-42/h13-31,33-37H,5-12,32H2,1-4H3,(H,65,66). The number of amides is 1. The van der Waals surface area contributed by atoms with Crippen molar-refractivity contribution in [1.29, 1.82) is 0 Å². The molecule has 7 aromatic carbocycles. The largest absolute Gasteiger partial charge is 0.497 e. The van der Waals surface area contributed by atoms with Crippen LogP contribution in [0, 0.1) is 5.92 Å². The number of methoxy groups -OCH3 is 1. The number of alkyl halides is 3. The van der Waals surface area contributed by atoms with Crippen LogP contribution >= 0.6 is 15.9 Å². The predicted molar refractivity (Wildman–Crippen MR) is 274 cm³/mol. The lowest BCUT2D eigenvalue weighted by Gasteiger charge is -2.31. The van der Waals surface area contributed by atoms with Crippen LogP contribution in [-0.4, -0.2) is 19.6 Å². The molecule has 1 N–H and O–H groups in total. The number of carbonyl (C=O) groups is 1. The molecule has 0 unspecified atom stereocenters. The maximum Gasteiger partial charge on any atom is 0.416 e. The van der Waals surface area contributed by atoms with Gasteiger partial charge in [0.05, 0.1) is 12.7 Å². The van der Waals surface area contributed by atoms with Crippen molar-refractivity contribution in [3.8, 4) is 44.9 Å². The molecular weight excluding hydrogens is 920 g/mol. The normalized spacial score (nSPS) is 17.1. The number of anilines is 1. The molecule has 2 aliphatic carbocycles. The Hall–Kier alpha value is -6.12. The first-order chi connectivity index (χ1) is 32.8. The molecule has 1 aliphatic heterocycles. The Morgan fingerprint density at radius 2 is 1.38 bits per heavy atom. The molecule has 4 nitrogen and oxygen atoms in total. The van der Waals surface area contributed by atoms with Gasteiger partial charge in [-0.05, 0) is 171 Å². The van der Waals surface area contributed by atoms with Crippen LogP contribution in [0.25, 0.3) is 49.7 Å². The average molecular weight is 975 g/mol. The fourth-order valence-electron chi connectivity index (χ4n) is 11.2. The number of hydrogen-bond donors (Lipinski definition) is 1. The van der Waals surface area contributed by atoms with Crippen molar-refractivity contribution in [3.05, 3.63) is 177 Å². The fourth-order valence-corrected chi connectivity index (χ4v) is 12.2. The monoisotopic (exact) mass is 973 g/mol. The summed E-state index contributed by atoms with van der Waals surface area (Å²) in [7, 11) is 1.62. The molecule has 8 heteroatoms. The summed E-state index contributed by atoms with van der Waals surface area (Å²) in [6.45, 7) is 6.83. The van der Waals surface area contributed by atoms with Gasteiger partial charge in [0.1, 0.15) is 18.1 Å². The van der Waals surface area contributed by atoms with Gasteiger partial charge < -0.3 is 14.8 Å². The van der Waals surface area contributed by atoms with Crippen molar-refractivity contribution in [2.24, 2.45) is 5.92 Å².